The molecule has 15 heavy (non-hydrogen) atoms. The summed E-state index contributed by atoms with van der Waals surface area (Å²) >= 11 is 1.58. The molecule has 0 aliphatic carbocycles. The van der Waals surface area contributed by atoms with Crippen LogP contribution in [0.15, 0.2) is 17.5 Å². The van der Waals surface area contributed by atoms with Gasteiger partial charge in [0, 0.05) is 15.5 Å². The molecule has 0 aliphatic rings. The fourth-order valence-corrected chi connectivity index (χ4v) is 2.56. The molecule has 0 bridgehead atoms. The van der Waals surface area contributed by atoms with Crippen LogP contribution < -0.4 is 0 Å². The van der Waals surface area contributed by atoms with Crippen LogP contribution >= 0.6 is 11.3 Å². The Labute approximate surface area is 92.5 Å². The third kappa shape index (κ3) is 1.63. The zero-order valence-corrected chi connectivity index (χ0v) is 9.77. The van der Waals surface area contributed by atoms with Gasteiger partial charge in [0.1, 0.15) is 0 Å². The lowest BCUT2D eigenvalue weighted by molar-refractivity contribution is 0.0603. The molecule has 2 rings (SSSR count). The average Bonchev–Trinajstić information content (AvgIpc) is 2.61. The van der Waals surface area contributed by atoms with Gasteiger partial charge in [0.2, 0.25) is 0 Å². The van der Waals surface area contributed by atoms with E-state index in [4.69, 9.17) is 4.74 Å². The standard InChI is InChI=1S/C12H12O2S/c1-7-4-9-10(12(13)14-3)6-15-11(9)5-8(7)2/h4-6H,1-3H3. The molecule has 78 valence electrons. The highest BCUT2D eigenvalue weighted by atomic mass is 32.1. The van der Waals surface area contributed by atoms with E-state index in [0.29, 0.717) is 5.56 Å². The zero-order valence-electron chi connectivity index (χ0n) is 8.96. The number of carbonyl (C=O) groups is 1. The Balaban J connectivity index is 2.69. The maximum absolute atomic E-state index is 11.5. The van der Waals surface area contributed by atoms with Crippen molar-refractivity contribution in [3.05, 3.63) is 34.2 Å². The van der Waals surface area contributed by atoms with Crippen molar-refractivity contribution >= 4 is 27.4 Å². The molecule has 0 unspecified atom stereocenters. The molecule has 2 aromatic rings. The zero-order chi connectivity index (χ0) is 11.0. The highest BCUT2D eigenvalue weighted by Gasteiger charge is 2.12. The summed E-state index contributed by atoms with van der Waals surface area (Å²) in [6.45, 7) is 4.12. The minimum absolute atomic E-state index is 0.260. The number of carbonyl (C=O) groups excluding carboxylic acids is 1. The van der Waals surface area contributed by atoms with Crippen molar-refractivity contribution in [1.82, 2.24) is 0 Å². The normalized spacial score (nSPS) is 10.6. The Kier molecular flexibility index (Phi) is 2.49. The molecular weight excluding hydrogens is 208 g/mol. The van der Waals surface area contributed by atoms with Gasteiger partial charge in [0.15, 0.2) is 0 Å². The Morgan fingerprint density at radius 3 is 2.60 bits per heavy atom. The van der Waals surface area contributed by atoms with Crippen LogP contribution in [0, 0.1) is 13.8 Å². The predicted octanol–water partition coefficient (Wildman–Crippen LogP) is 3.30. The minimum Gasteiger partial charge on any atom is -0.465 e. The second-order valence-corrected chi connectivity index (χ2v) is 4.48. The first kappa shape index (κ1) is 10.2. The van der Waals surface area contributed by atoms with Crippen LogP contribution in [0.2, 0.25) is 0 Å². The van der Waals surface area contributed by atoms with Crippen LogP contribution in [-0.4, -0.2) is 13.1 Å². The van der Waals surface area contributed by atoms with Crippen LogP contribution in [0.25, 0.3) is 10.1 Å². The number of hydrogen-bond acceptors (Lipinski definition) is 3. The molecule has 3 heteroatoms. The van der Waals surface area contributed by atoms with E-state index >= 15 is 0 Å². The second kappa shape index (κ2) is 3.66. The van der Waals surface area contributed by atoms with Gasteiger partial charge in [0.25, 0.3) is 0 Å². The predicted molar refractivity (Wildman–Crippen MR) is 62.6 cm³/mol. The van der Waals surface area contributed by atoms with Crippen molar-refractivity contribution in [1.29, 1.82) is 0 Å². The molecule has 0 radical (unpaired) electrons. The first-order chi connectivity index (χ1) is 7.13. The highest BCUT2D eigenvalue weighted by Crippen LogP contribution is 2.29. The Bertz CT molecular complexity index is 526. The summed E-state index contributed by atoms with van der Waals surface area (Å²) in [4.78, 5) is 11.5. The molecule has 0 spiro atoms. The highest BCUT2D eigenvalue weighted by molar-refractivity contribution is 7.17. The fourth-order valence-electron chi connectivity index (χ4n) is 1.55. The number of aryl methyl sites for hydroxylation is 2. The Morgan fingerprint density at radius 1 is 1.27 bits per heavy atom. The molecule has 0 amide bonds. The van der Waals surface area contributed by atoms with E-state index in [1.54, 1.807) is 11.3 Å². The number of thiophene rings is 1. The topological polar surface area (TPSA) is 26.3 Å². The maximum atomic E-state index is 11.5. The first-order valence-electron chi connectivity index (χ1n) is 4.70. The summed E-state index contributed by atoms with van der Waals surface area (Å²) in [5, 5.41) is 2.85. The lowest BCUT2D eigenvalue weighted by atomic mass is 10.1. The summed E-state index contributed by atoms with van der Waals surface area (Å²) in [5.74, 6) is -0.260. The van der Waals surface area contributed by atoms with Gasteiger partial charge in [-0.05, 0) is 37.1 Å². The number of ether oxygens (including phenoxy) is 1. The van der Waals surface area contributed by atoms with Crippen LogP contribution in [0.1, 0.15) is 21.5 Å². The van der Waals surface area contributed by atoms with Gasteiger partial charge in [-0.25, -0.2) is 4.79 Å². The molecule has 1 aromatic heterocycles. The third-order valence-corrected chi connectivity index (χ3v) is 3.54. The number of fused-ring (bicyclic) bond motifs is 1. The average molecular weight is 220 g/mol. The summed E-state index contributed by atoms with van der Waals surface area (Å²) in [6.07, 6.45) is 0. The molecule has 0 aliphatic heterocycles. The summed E-state index contributed by atoms with van der Waals surface area (Å²) in [5.41, 5.74) is 3.12. The molecular formula is C12H12O2S. The van der Waals surface area contributed by atoms with Crippen LogP contribution in [-0.2, 0) is 4.74 Å². The van der Waals surface area contributed by atoms with E-state index in [0.717, 1.165) is 10.1 Å². The third-order valence-electron chi connectivity index (χ3n) is 2.60. The summed E-state index contributed by atoms with van der Waals surface area (Å²) < 4.78 is 5.88. The molecule has 0 saturated heterocycles. The molecule has 0 atom stereocenters. The molecule has 0 N–H and O–H groups in total. The van der Waals surface area contributed by atoms with Gasteiger partial charge in [-0.1, -0.05) is 0 Å². The van der Waals surface area contributed by atoms with E-state index in [1.807, 2.05) is 18.4 Å². The van der Waals surface area contributed by atoms with Gasteiger partial charge in [-0.2, -0.15) is 0 Å². The quantitative estimate of drug-likeness (QED) is 0.689. The summed E-state index contributed by atoms with van der Waals surface area (Å²) in [6, 6.07) is 4.16. The fraction of sp³-hybridized carbons (Fsp3) is 0.250. The van der Waals surface area contributed by atoms with Crippen LogP contribution in [0.5, 0.6) is 0 Å². The maximum Gasteiger partial charge on any atom is 0.339 e. The van der Waals surface area contributed by atoms with E-state index in [2.05, 4.69) is 13.0 Å². The van der Waals surface area contributed by atoms with Gasteiger partial charge in [-0.15, -0.1) is 11.3 Å². The van der Waals surface area contributed by atoms with Crippen molar-refractivity contribution in [2.75, 3.05) is 7.11 Å². The van der Waals surface area contributed by atoms with Crippen molar-refractivity contribution in [3.8, 4) is 0 Å². The monoisotopic (exact) mass is 220 g/mol. The van der Waals surface area contributed by atoms with E-state index < -0.39 is 0 Å². The SMILES string of the molecule is COC(=O)c1csc2cc(C)c(C)cc12. The molecule has 1 aromatic carbocycles. The lowest BCUT2D eigenvalue weighted by Crippen LogP contribution is -1.99. The van der Waals surface area contributed by atoms with E-state index in [1.165, 1.54) is 18.2 Å². The molecule has 2 nitrogen and oxygen atoms in total. The lowest BCUT2D eigenvalue weighted by Gasteiger charge is -2.01. The van der Waals surface area contributed by atoms with Crippen molar-refractivity contribution in [3.63, 3.8) is 0 Å². The molecule has 0 saturated carbocycles. The van der Waals surface area contributed by atoms with Gasteiger partial charge in [-0.3, -0.25) is 0 Å². The van der Waals surface area contributed by atoms with Crippen LogP contribution in [0.3, 0.4) is 0 Å². The Morgan fingerprint density at radius 2 is 1.93 bits per heavy atom. The van der Waals surface area contributed by atoms with Gasteiger partial charge < -0.3 is 4.74 Å². The molecule has 0 fully saturated rings. The number of esters is 1. The number of methoxy groups -OCH3 is 1. The smallest absolute Gasteiger partial charge is 0.339 e. The summed E-state index contributed by atoms with van der Waals surface area (Å²) in [7, 11) is 1.41. The van der Waals surface area contributed by atoms with Crippen molar-refractivity contribution in [2.45, 2.75) is 13.8 Å². The largest absolute Gasteiger partial charge is 0.465 e. The number of rotatable bonds is 1. The van der Waals surface area contributed by atoms with Crippen LogP contribution in [0.4, 0.5) is 0 Å². The second-order valence-electron chi connectivity index (χ2n) is 3.57. The van der Waals surface area contributed by atoms with Gasteiger partial charge in [0.05, 0.1) is 12.7 Å². The van der Waals surface area contributed by atoms with Crippen molar-refractivity contribution < 1.29 is 9.53 Å². The number of hydrogen-bond donors (Lipinski definition) is 0. The van der Waals surface area contributed by atoms with Crippen molar-refractivity contribution in [2.24, 2.45) is 0 Å². The Hall–Kier alpha value is -1.35. The van der Waals surface area contributed by atoms with E-state index in [9.17, 15) is 4.79 Å². The van der Waals surface area contributed by atoms with Gasteiger partial charge >= 0.3 is 5.97 Å². The molecule has 1 heterocycles. The van der Waals surface area contributed by atoms with E-state index in [-0.39, 0.29) is 5.97 Å². The number of benzene rings is 1. The minimum atomic E-state index is -0.260. The first-order valence-corrected chi connectivity index (χ1v) is 5.58.